The normalized spacial score (nSPS) is 0.800. The van der Waals surface area contributed by atoms with Crippen LogP contribution in [-0.2, 0) is 24.1 Å². The maximum Gasteiger partial charge on any atom is 0 e. The molecule has 0 saturated heterocycles. The Hall–Kier alpha value is 4.21. The van der Waals surface area contributed by atoms with Gasteiger partial charge in [-0.15, -0.1) is 0 Å². The van der Waals surface area contributed by atoms with E-state index in [1.54, 1.807) is 0 Å². The van der Waals surface area contributed by atoms with Crippen molar-refractivity contribution < 1.29 is 24.1 Å². The predicted octanol–water partition coefficient (Wildman–Crippen LogP) is -1.26. The van der Waals surface area contributed by atoms with Gasteiger partial charge >= 0.3 is 25.6 Å². The van der Waals surface area contributed by atoms with Gasteiger partial charge < -0.3 is 0 Å². The van der Waals surface area contributed by atoms with Crippen LogP contribution in [0, 0.1) is 0 Å². The Balaban J connectivity index is -0.00000000167. The second-order valence-electron chi connectivity index (χ2n) is 0. The Morgan fingerprint density at radius 1 is 1.20 bits per heavy atom. The SMILES string of the molecule is [Cs].[In].[O]=[Sn].[W]. The molecule has 0 spiro atoms. The molecule has 0 atom stereocenters. The summed E-state index contributed by atoms with van der Waals surface area (Å²) in [5, 5.41) is 0. The largest absolute Gasteiger partial charge is 0 e. The van der Waals surface area contributed by atoms with E-state index in [9.17, 15) is 0 Å². The van der Waals surface area contributed by atoms with E-state index in [2.05, 4.69) is 0 Å². The second-order valence-corrected chi connectivity index (χ2v) is 0. The molecule has 0 aliphatic heterocycles. The number of rotatable bonds is 0. The van der Waals surface area contributed by atoms with Gasteiger partial charge in [0.2, 0.25) is 0 Å². The molecule has 0 N–H and O–H groups in total. The molecule has 0 rings (SSSR count). The fourth-order valence-corrected chi connectivity index (χ4v) is 0. The first-order chi connectivity index (χ1) is 1.00. The molecule has 20 valence electrons. The zero-order chi connectivity index (χ0) is 2.00. The standard InChI is InChI=1S/Cs.In.O.Sn.W. The van der Waals surface area contributed by atoms with E-state index < -0.39 is 0 Å². The van der Waals surface area contributed by atoms with Crippen molar-refractivity contribution in [1.29, 1.82) is 0 Å². The van der Waals surface area contributed by atoms with Crippen molar-refractivity contribution in [1.82, 2.24) is 0 Å². The van der Waals surface area contributed by atoms with Crippen molar-refractivity contribution in [3.8, 4) is 0 Å². The van der Waals surface area contributed by atoms with Crippen LogP contribution in [0.5, 0.6) is 0 Å². The molecule has 0 amide bonds. The average Bonchev–Trinajstić information content (AvgIpc) is 1.00. The Labute approximate surface area is 137 Å². The summed E-state index contributed by atoms with van der Waals surface area (Å²) in [6.45, 7) is 0. The molecular formula is CsInOSnW. The summed E-state index contributed by atoms with van der Waals surface area (Å²) < 4.78 is 8.34. The van der Waals surface area contributed by atoms with Crippen LogP contribution in [0.15, 0.2) is 0 Å². The Bertz CT molecular complexity index is 11.6. The van der Waals surface area contributed by atoms with E-state index in [1.165, 1.54) is 0 Å². The molecule has 0 aromatic carbocycles. The van der Waals surface area contributed by atoms with Crippen LogP contribution >= 0.6 is 0 Å². The van der Waals surface area contributed by atoms with Gasteiger partial charge in [0.25, 0.3) is 0 Å². The molecule has 5 heteroatoms. The molecule has 5 heavy (non-hydrogen) atoms. The van der Waals surface area contributed by atoms with Crippen molar-refractivity contribution in [3.63, 3.8) is 0 Å². The Morgan fingerprint density at radius 3 is 1.20 bits per heavy atom. The monoisotopic (exact) mass is 568 g/mol. The zero-order valence-electron chi connectivity index (χ0n) is 2.89. The van der Waals surface area contributed by atoms with Gasteiger partial charge in [-0.1, -0.05) is 0 Å². The zero-order valence-corrected chi connectivity index (χ0v) is 18.3. The van der Waals surface area contributed by atoms with Gasteiger partial charge in [0.1, 0.15) is 0 Å². The van der Waals surface area contributed by atoms with Crippen LogP contribution in [-0.4, -0.2) is 117 Å². The summed E-state index contributed by atoms with van der Waals surface area (Å²) in [4.78, 5) is 0. The summed E-state index contributed by atoms with van der Waals surface area (Å²) >= 11 is 0.300. The molecule has 0 aliphatic carbocycles. The summed E-state index contributed by atoms with van der Waals surface area (Å²) in [6, 6.07) is 0. The van der Waals surface area contributed by atoms with Crippen LogP contribution in [0.2, 0.25) is 0 Å². The third kappa shape index (κ3) is 17.9. The second kappa shape index (κ2) is 24.1. The van der Waals surface area contributed by atoms with E-state index in [0.717, 1.165) is 0 Å². The van der Waals surface area contributed by atoms with Gasteiger partial charge in [0.15, 0.2) is 0 Å². The van der Waals surface area contributed by atoms with Gasteiger partial charge in [0, 0.05) is 116 Å². The molecule has 0 heterocycles. The molecule has 0 bridgehead atoms. The summed E-state index contributed by atoms with van der Waals surface area (Å²) in [5.41, 5.74) is 0. The topological polar surface area (TPSA) is 17.1 Å². The van der Waals surface area contributed by atoms with Gasteiger partial charge in [0.05, 0.1) is 0 Å². The van der Waals surface area contributed by atoms with Crippen molar-refractivity contribution in [2.75, 3.05) is 0 Å². The third-order valence-electron chi connectivity index (χ3n) is 0. The Morgan fingerprint density at radius 2 is 1.20 bits per heavy atom. The molecule has 1 nitrogen and oxygen atoms in total. The van der Waals surface area contributed by atoms with Crippen molar-refractivity contribution in [2.24, 2.45) is 0 Å². The molecule has 0 aliphatic rings. The van der Waals surface area contributed by atoms with Crippen molar-refractivity contribution in [3.05, 3.63) is 0 Å². The van der Waals surface area contributed by atoms with Crippen molar-refractivity contribution in [2.45, 2.75) is 0 Å². The average molecular weight is 566 g/mol. The van der Waals surface area contributed by atoms with Crippen molar-refractivity contribution >= 4 is 117 Å². The van der Waals surface area contributed by atoms with Crippen LogP contribution < -0.4 is 0 Å². The minimum Gasteiger partial charge on any atom is 0 e. The van der Waals surface area contributed by atoms with E-state index in [-0.39, 0.29) is 116 Å². The molecule has 0 unspecified atom stereocenters. The van der Waals surface area contributed by atoms with Crippen LogP contribution in [0.1, 0.15) is 0 Å². The number of hydrogen-bond donors (Lipinski definition) is 0. The van der Waals surface area contributed by atoms with Crippen LogP contribution in [0.4, 0.5) is 0 Å². The van der Waals surface area contributed by atoms with E-state index >= 15 is 0 Å². The van der Waals surface area contributed by atoms with Gasteiger partial charge in [-0.2, -0.15) is 0 Å². The molecule has 0 aromatic rings. The fourth-order valence-electron chi connectivity index (χ4n) is 0. The van der Waals surface area contributed by atoms with Gasteiger partial charge in [-0.05, 0) is 0 Å². The van der Waals surface area contributed by atoms with E-state index in [0.29, 0.717) is 22.5 Å². The summed E-state index contributed by atoms with van der Waals surface area (Å²) in [5.74, 6) is 0. The maximum atomic E-state index is 8.34. The maximum absolute atomic E-state index is 8.34. The molecule has 6 radical (unpaired) electrons. The molecule has 0 aromatic heterocycles. The number of hydrogen-bond acceptors (Lipinski definition) is 1. The van der Waals surface area contributed by atoms with Gasteiger partial charge in [-0.3, -0.25) is 0 Å². The smallest absolute Gasteiger partial charge is 0 e. The molecule has 0 fully saturated rings. The van der Waals surface area contributed by atoms with E-state index in [1.807, 2.05) is 0 Å². The van der Waals surface area contributed by atoms with E-state index in [4.69, 9.17) is 3.08 Å². The quantitative estimate of drug-likeness (QED) is 0.335. The first kappa shape index (κ1) is 22.9. The first-order valence-electron chi connectivity index (χ1n) is 0.204. The molecule has 0 saturated carbocycles. The third-order valence-corrected chi connectivity index (χ3v) is 0. The minimum absolute atomic E-state index is 0. The van der Waals surface area contributed by atoms with Crippen LogP contribution in [0.25, 0.3) is 0 Å². The fraction of sp³-hybridized carbons (Fsp3) is 0. The summed E-state index contributed by atoms with van der Waals surface area (Å²) in [7, 11) is 0. The molecular weight excluding hydrogens is 566 g/mol. The summed E-state index contributed by atoms with van der Waals surface area (Å²) in [6.07, 6.45) is 0. The minimum atomic E-state index is 0. The van der Waals surface area contributed by atoms with Crippen LogP contribution in [0.3, 0.4) is 0 Å². The first-order valence-corrected chi connectivity index (χ1v) is 1.37. The predicted molar refractivity (Wildman–Crippen MR) is 17.9 cm³/mol. The van der Waals surface area contributed by atoms with Gasteiger partial charge in [-0.25, -0.2) is 0 Å². The Kier molecular flexibility index (Phi) is 110.